The molecule has 0 aliphatic carbocycles. The average molecular weight is 641 g/mol. The van der Waals surface area contributed by atoms with Gasteiger partial charge in [0.2, 0.25) is 5.91 Å². The minimum atomic E-state index is -0.869. The van der Waals surface area contributed by atoms with Crippen LogP contribution in [0.15, 0.2) is 66.7 Å². The lowest BCUT2D eigenvalue weighted by molar-refractivity contribution is -0.129. The Morgan fingerprint density at radius 3 is 2.80 bits per heavy atom. The summed E-state index contributed by atoms with van der Waals surface area (Å²) in [4.78, 5) is 19.5. The topological polar surface area (TPSA) is 98.3 Å². The molecule has 46 heavy (non-hydrogen) atoms. The second kappa shape index (κ2) is 11.5. The summed E-state index contributed by atoms with van der Waals surface area (Å²) in [7, 11) is 1.88. The van der Waals surface area contributed by atoms with E-state index < -0.39 is 17.7 Å². The molecule has 0 saturated heterocycles. The predicted molar refractivity (Wildman–Crippen MR) is 173 cm³/mol. The SMILES string of the molecule is C=CC(=O)N1Cc2cc(-c3nc(-c4ccc5c(cnn5C)c4)c4ccsc4c3-c3c(F)cc(F)cc3OCC(C)O)nn2CC1C. The van der Waals surface area contributed by atoms with Crippen LogP contribution in [0.4, 0.5) is 8.78 Å². The highest BCUT2D eigenvalue weighted by Crippen LogP contribution is 2.47. The number of rotatable bonds is 7. The van der Waals surface area contributed by atoms with Gasteiger partial charge in [0.1, 0.15) is 35.4 Å². The first-order valence-corrected chi connectivity index (χ1v) is 15.6. The van der Waals surface area contributed by atoms with Crippen molar-refractivity contribution in [3.05, 3.63) is 84.0 Å². The standard InChI is InChI=1S/C34H30F2N6O3S/c1-5-29(44)41-16-23-13-26(39-42(23)15-18(41)2)33-31(30-25(36)11-22(35)12-28(30)45-17-19(3)43)34-24(8-9-46-34)32(38-33)20-6-7-27-21(10-20)14-37-40(27)4/h5-14,18-19,43H,1,15-17H2,2-4H3. The number of ether oxygens (including phenoxy) is 1. The molecule has 0 saturated carbocycles. The molecule has 5 heterocycles. The number of hydrogen-bond donors (Lipinski definition) is 1. The molecule has 2 atom stereocenters. The number of carbonyl (C=O) groups is 1. The van der Waals surface area contributed by atoms with E-state index >= 15 is 4.39 Å². The molecule has 0 fully saturated rings. The van der Waals surface area contributed by atoms with Gasteiger partial charge in [0, 0.05) is 51.8 Å². The Bertz CT molecular complexity index is 2170. The quantitative estimate of drug-likeness (QED) is 0.205. The molecule has 6 aromatic rings. The van der Waals surface area contributed by atoms with E-state index in [-0.39, 0.29) is 29.9 Å². The maximum absolute atomic E-state index is 16.0. The summed E-state index contributed by atoms with van der Waals surface area (Å²) in [6.45, 7) is 7.71. The van der Waals surface area contributed by atoms with E-state index in [0.717, 1.165) is 39.7 Å². The van der Waals surface area contributed by atoms with E-state index in [1.165, 1.54) is 24.3 Å². The summed E-state index contributed by atoms with van der Waals surface area (Å²) < 4.78 is 40.8. The van der Waals surface area contributed by atoms with Gasteiger partial charge in [-0.25, -0.2) is 13.8 Å². The van der Waals surface area contributed by atoms with Crippen LogP contribution in [-0.2, 0) is 24.9 Å². The van der Waals surface area contributed by atoms with Crippen LogP contribution in [0.25, 0.3) is 54.8 Å². The molecular formula is C34H30F2N6O3S. The van der Waals surface area contributed by atoms with Gasteiger partial charge in [0.25, 0.3) is 0 Å². The molecule has 4 aromatic heterocycles. The van der Waals surface area contributed by atoms with E-state index in [9.17, 15) is 14.3 Å². The van der Waals surface area contributed by atoms with Crippen LogP contribution in [0.3, 0.4) is 0 Å². The summed E-state index contributed by atoms with van der Waals surface area (Å²) >= 11 is 1.40. The van der Waals surface area contributed by atoms with Gasteiger partial charge in [0.15, 0.2) is 0 Å². The number of carbonyl (C=O) groups excluding carboxylic acids is 1. The van der Waals surface area contributed by atoms with Crippen molar-refractivity contribution >= 4 is 38.2 Å². The van der Waals surface area contributed by atoms with Crippen molar-refractivity contribution in [1.82, 2.24) is 29.4 Å². The Kier molecular flexibility index (Phi) is 7.41. The van der Waals surface area contributed by atoms with Gasteiger partial charge >= 0.3 is 0 Å². The number of nitrogens with zero attached hydrogens (tertiary/aromatic N) is 6. The van der Waals surface area contributed by atoms with Crippen molar-refractivity contribution < 1.29 is 23.4 Å². The van der Waals surface area contributed by atoms with Crippen molar-refractivity contribution in [2.75, 3.05) is 6.61 Å². The first kappa shape index (κ1) is 29.8. The number of aryl methyl sites for hydroxylation is 1. The van der Waals surface area contributed by atoms with E-state index in [0.29, 0.717) is 40.4 Å². The highest BCUT2D eigenvalue weighted by atomic mass is 32.1. The van der Waals surface area contributed by atoms with Gasteiger partial charge in [-0.3, -0.25) is 14.2 Å². The lowest BCUT2D eigenvalue weighted by Gasteiger charge is -2.33. The Balaban J connectivity index is 1.50. The summed E-state index contributed by atoms with van der Waals surface area (Å²) in [6.07, 6.45) is 2.22. The largest absolute Gasteiger partial charge is 0.490 e. The first-order valence-electron chi connectivity index (χ1n) is 14.8. The zero-order chi connectivity index (χ0) is 32.3. The van der Waals surface area contributed by atoms with Gasteiger partial charge in [0.05, 0.1) is 47.9 Å². The molecule has 1 N–H and O–H groups in total. The lowest BCUT2D eigenvalue weighted by Crippen LogP contribution is -2.44. The normalized spacial score (nSPS) is 15.3. The maximum Gasteiger partial charge on any atom is 0.246 e. The number of benzene rings is 2. The maximum atomic E-state index is 16.0. The molecular weight excluding hydrogens is 610 g/mol. The lowest BCUT2D eigenvalue weighted by atomic mass is 9.96. The predicted octanol–water partition coefficient (Wildman–Crippen LogP) is 6.34. The fourth-order valence-electron chi connectivity index (χ4n) is 6.04. The van der Waals surface area contributed by atoms with E-state index in [4.69, 9.17) is 14.8 Å². The zero-order valence-electron chi connectivity index (χ0n) is 25.4. The highest BCUT2D eigenvalue weighted by molar-refractivity contribution is 7.18. The molecule has 2 aromatic carbocycles. The van der Waals surface area contributed by atoms with Crippen LogP contribution >= 0.6 is 11.3 Å². The van der Waals surface area contributed by atoms with Crippen LogP contribution in [0, 0.1) is 11.6 Å². The number of halogens is 2. The summed E-state index contributed by atoms with van der Waals surface area (Å²) in [5.74, 6) is -1.87. The summed E-state index contributed by atoms with van der Waals surface area (Å²) in [6, 6.07) is 11.6. The van der Waals surface area contributed by atoms with Gasteiger partial charge in [-0.2, -0.15) is 10.2 Å². The van der Waals surface area contributed by atoms with Crippen LogP contribution in [0.2, 0.25) is 0 Å². The van der Waals surface area contributed by atoms with Crippen molar-refractivity contribution in [2.24, 2.45) is 7.05 Å². The number of amides is 1. The number of pyridine rings is 1. The average Bonchev–Trinajstić information content (AvgIpc) is 3.77. The van der Waals surface area contributed by atoms with Gasteiger partial charge in [-0.15, -0.1) is 11.3 Å². The van der Waals surface area contributed by atoms with Crippen molar-refractivity contribution in [3.63, 3.8) is 0 Å². The molecule has 0 spiro atoms. The van der Waals surface area contributed by atoms with E-state index in [2.05, 4.69) is 11.7 Å². The molecule has 2 unspecified atom stereocenters. The van der Waals surface area contributed by atoms with E-state index in [1.807, 2.05) is 54.4 Å². The Hall–Kier alpha value is -4.94. The number of aliphatic hydroxyl groups excluding tert-OH is 1. The molecule has 0 radical (unpaired) electrons. The zero-order valence-corrected chi connectivity index (χ0v) is 26.2. The van der Waals surface area contributed by atoms with Gasteiger partial charge in [-0.05, 0) is 49.6 Å². The van der Waals surface area contributed by atoms with Gasteiger partial charge < -0.3 is 14.7 Å². The third-order valence-corrected chi connectivity index (χ3v) is 9.17. The van der Waals surface area contributed by atoms with Crippen molar-refractivity contribution in [2.45, 2.75) is 39.1 Å². The minimum absolute atomic E-state index is 0.0223. The Morgan fingerprint density at radius 1 is 1.20 bits per heavy atom. The second-order valence-corrected chi connectivity index (χ2v) is 12.4. The molecule has 7 rings (SSSR count). The number of fused-ring (bicyclic) bond motifs is 3. The fraction of sp³-hybridized carbons (Fsp3) is 0.235. The number of thiophene rings is 1. The fourth-order valence-corrected chi connectivity index (χ4v) is 6.99. The van der Waals surface area contributed by atoms with Crippen LogP contribution < -0.4 is 4.74 Å². The number of aromatic nitrogens is 5. The number of aliphatic hydroxyl groups is 1. The van der Waals surface area contributed by atoms with Crippen molar-refractivity contribution in [3.8, 4) is 39.5 Å². The van der Waals surface area contributed by atoms with E-state index in [1.54, 1.807) is 15.8 Å². The monoisotopic (exact) mass is 640 g/mol. The third kappa shape index (κ3) is 5.03. The Labute approximate surface area is 267 Å². The molecule has 9 nitrogen and oxygen atoms in total. The highest BCUT2D eigenvalue weighted by Gasteiger charge is 2.30. The Morgan fingerprint density at radius 2 is 2.02 bits per heavy atom. The van der Waals surface area contributed by atoms with Gasteiger partial charge in [-0.1, -0.05) is 12.6 Å². The molecule has 12 heteroatoms. The molecule has 0 bridgehead atoms. The van der Waals surface area contributed by atoms with Crippen LogP contribution in [0.1, 0.15) is 19.5 Å². The van der Waals surface area contributed by atoms with Crippen molar-refractivity contribution in [1.29, 1.82) is 0 Å². The molecule has 1 amide bonds. The van der Waals surface area contributed by atoms with Crippen LogP contribution in [0.5, 0.6) is 5.75 Å². The molecule has 1 aliphatic rings. The smallest absolute Gasteiger partial charge is 0.246 e. The number of hydrogen-bond acceptors (Lipinski definition) is 7. The second-order valence-electron chi connectivity index (χ2n) is 11.5. The third-order valence-electron chi connectivity index (χ3n) is 8.24. The summed E-state index contributed by atoms with van der Waals surface area (Å²) in [5.41, 5.74) is 4.51. The first-order chi connectivity index (χ1) is 22.1. The molecule has 1 aliphatic heterocycles. The minimum Gasteiger partial charge on any atom is -0.490 e. The molecule has 234 valence electrons. The van der Waals surface area contributed by atoms with Crippen LogP contribution in [-0.4, -0.2) is 59.2 Å². The summed E-state index contributed by atoms with van der Waals surface area (Å²) in [5, 5.41) is 22.8.